The van der Waals surface area contributed by atoms with Crippen molar-refractivity contribution in [2.45, 2.75) is 85.2 Å². The minimum atomic E-state index is -0.570. The number of allylic oxidation sites excluding steroid dienone is 1. The molecule has 3 unspecified atom stereocenters. The normalized spacial score (nSPS) is 17.5. The summed E-state index contributed by atoms with van der Waals surface area (Å²) in [6.07, 6.45) is 8.40. The molecule has 58 heavy (non-hydrogen) atoms. The molecule has 2 aliphatic rings. The minimum absolute atomic E-state index is 0.156. The van der Waals surface area contributed by atoms with Gasteiger partial charge in [-0.1, -0.05) is 12.2 Å². The zero-order valence-corrected chi connectivity index (χ0v) is 33.7. The Hall–Kier alpha value is -6.20. The van der Waals surface area contributed by atoms with Crippen molar-refractivity contribution in [1.82, 2.24) is 39.1 Å². The summed E-state index contributed by atoms with van der Waals surface area (Å²) >= 11 is 0. The summed E-state index contributed by atoms with van der Waals surface area (Å²) in [5.41, 5.74) is 18.1. The number of carbonyl (C=O) groups is 3. The van der Waals surface area contributed by atoms with Crippen molar-refractivity contribution in [3.63, 3.8) is 0 Å². The van der Waals surface area contributed by atoms with Crippen LogP contribution in [0, 0.1) is 20.8 Å². The lowest BCUT2D eigenvalue weighted by molar-refractivity contribution is -0.115. The van der Waals surface area contributed by atoms with Gasteiger partial charge < -0.3 is 30.4 Å². The van der Waals surface area contributed by atoms with E-state index in [0.717, 1.165) is 39.5 Å². The van der Waals surface area contributed by atoms with Gasteiger partial charge in [0.15, 0.2) is 5.82 Å². The van der Waals surface area contributed by atoms with Crippen LogP contribution in [-0.4, -0.2) is 95.8 Å². The molecule has 1 aliphatic heterocycles. The minimum Gasteiger partial charge on any atom is -0.385 e. The number of nitrogens with two attached hydrogens (primary N) is 2. The van der Waals surface area contributed by atoms with Crippen LogP contribution in [0.4, 0.5) is 11.8 Å². The Morgan fingerprint density at radius 1 is 0.931 bits per heavy atom. The second-order valence-corrected chi connectivity index (χ2v) is 14.6. The van der Waals surface area contributed by atoms with Gasteiger partial charge in [-0.3, -0.25) is 29.1 Å². The van der Waals surface area contributed by atoms with Crippen molar-refractivity contribution in [3.05, 3.63) is 88.0 Å². The van der Waals surface area contributed by atoms with E-state index in [1.165, 1.54) is 0 Å². The van der Waals surface area contributed by atoms with Crippen molar-refractivity contribution >= 4 is 40.5 Å². The molecule has 0 saturated carbocycles. The Balaban J connectivity index is 1.25. The van der Waals surface area contributed by atoms with Crippen LogP contribution in [0.15, 0.2) is 54.3 Å². The number of imidazole rings is 1. The van der Waals surface area contributed by atoms with E-state index in [2.05, 4.69) is 20.4 Å². The number of carbonyl (C=O) groups excluding carboxylic acids is 3. The van der Waals surface area contributed by atoms with Crippen LogP contribution >= 0.6 is 0 Å². The van der Waals surface area contributed by atoms with E-state index in [9.17, 15) is 14.4 Å². The van der Waals surface area contributed by atoms with Gasteiger partial charge in [0.25, 0.3) is 5.91 Å². The van der Waals surface area contributed by atoms with E-state index in [1.54, 1.807) is 30.0 Å². The number of rotatable bonds is 16. The summed E-state index contributed by atoms with van der Waals surface area (Å²) in [6, 6.07) is 6.86. The standard InChI is InChI=1S/C41H50N12O5/c1-7-52-31(17-24(4)48-52)38-44-22-29-28-19-27(37(43)55)21-33(58-15-11-14-57-6)35(28)50(39(29)46-38)12-9-10-13-51-34-23(3)16-26(36(42)54)20-30(34)45-41(51)47-40(56)32-18-25(5)49-53(32)8-2/h9-10,16-18,20-22,28,33,35H,7-8,11-15,19H2,1-6H3,(H2,42,54)(H2,43,55)(H,45,47,56)/b10-9+. The SMILES string of the molecule is CCn1nc(C)cc1C(=O)Nc1nc2cc(C(N)=O)cc(C)c2n1C/C=C/CN1c2nc(-c3cc(C)nn3CC)ncc2C2CC(C(N)=O)=CC(OCCCOC)C21. The summed E-state index contributed by atoms with van der Waals surface area (Å²) in [5.74, 6) is 0.0360. The van der Waals surface area contributed by atoms with Gasteiger partial charge in [0.1, 0.15) is 17.2 Å². The summed E-state index contributed by atoms with van der Waals surface area (Å²) in [5, 5.41) is 12.0. The molecule has 0 fully saturated rings. The van der Waals surface area contributed by atoms with Crippen LogP contribution < -0.4 is 21.7 Å². The number of methoxy groups -OCH3 is 1. The fourth-order valence-corrected chi connectivity index (χ4v) is 8.10. The Bertz CT molecular complexity index is 2440. The maximum atomic E-state index is 13.6. The Morgan fingerprint density at radius 3 is 2.40 bits per heavy atom. The van der Waals surface area contributed by atoms with E-state index in [4.69, 9.17) is 35.9 Å². The highest BCUT2D eigenvalue weighted by Crippen LogP contribution is 2.47. The predicted octanol–water partition coefficient (Wildman–Crippen LogP) is 3.97. The van der Waals surface area contributed by atoms with Crippen LogP contribution in [0.2, 0.25) is 0 Å². The molecule has 1 aromatic carbocycles. The number of amides is 3. The fourth-order valence-electron chi connectivity index (χ4n) is 8.10. The molecule has 5 heterocycles. The van der Waals surface area contributed by atoms with Crippen molar-refractivity contribution in [3.8, 4) is 11.5 Å². The Kier molecular flexibility index (Phi) is 11.5. The summed E-state index contributed by atoms with van der Waals surface area (Å²) in [6.45, 7) is 12.5. The third-order valence-electron chi connectivity index (χ3n) is 10.7. The average Bonchev–Trinajstić information content (AvgIpc) is 3.96. The van der Waals surface area contributed by atoms with Crippen LogP contribution in [0.3, 0.4) is 0 Å². The molecule has 4 aromatic heterocycles. The number of hydrogen-bond acceptors (Lipinski definition) is 11. The number of aromatic nitrogens is 8. The summed E-state index contributed by atoms with van der Waals surface area (Å²) in [7, 11) is 1.65. The van der Waals surface area contributed by atoms with Crippen LogP contribution in [0.1, 0.15) is 76.0 Å². The molecule has 0 saturated heterocycles. The number of ether oxygens (including phenoxy) is 2. The largest absolute Gasteiger partial charge is 0.385 e. The average molecular weight is 791 g/mol. The lowest BCUT2D eigenvalue weighted by Crippen LogP contribution is -2.47. The fraction of sp³-hybridized carbons (Fsp3) is 0.415. The van der Waals surface area contributed by atoms with E-state index in [0.29, 0.717) is 86.4 Å². The van der Waals surface area contributed by atoms with Gasteiger partial charge in [-0.15, -0.1) is 0 Å². The lowest BCUT2D eigenvalue weighted by atomic mass is 9.81. The first kappa shape index (κ1) is 40.0. The van der Waals surface area contributed by atoms with Gasteiger partial charge in [0.05, 0.1) is 34.6 Å². The first-order chi connectivity index (χ1) is 27.9. The number of benzene rings is 1. The van der Waals surface area contributed by atoms with Crippen LogP contribution in [0.25, 0.3) is 22.6 Å². The molecule has 17 heteroatoms. The molecule has 5 N–H and O–H groups in total. The smallest absolute Gasteiger partial charge is 0.276 e. The van der Waals surface area contributed by atoms with Gasteiger partial charge in [-0.2, -0.15) is 10.2 Å². The summed E-state index contributed by atoms with van der Waals surface area (Å²) < 4.78 is 17.2. The van der Waals surface area contributed by atoms with E-state index < -0.39 is 17.9 Å². The molecular formula is C41H50N12O5. The van der Waals surface area contributed by atoms with Crippen molar-refractivity contribution in [2.75, 3.05) is 37.1 Å². The van der Waals surface area contributed by atoms with Gasteiger partial charge in [0, 0.05) is 75.3 Å². The molecule has 3 amide bonds. The number of nitrogens with zero attached hydrogens (tertiary/aromatic N) is 9. The van der Waals surface area contributed by atoms with E-state index in [1.807, 2.05) is 74.4 Å². The van der Waals surface area contributed by atoms with Gasteiger partial charge in [0.2, 0.25) is 17.8 Å². The zero-order chi connectivity index (χ0) is 41.2. The van der Waals surface area contributed by atoms with Crippen LogP contribution in [0.5, 0.6) is 0 Å². The maximum absolute atomic E-state index is 13.6. The lowest BCUT2D eigenvalue weighted by Gasteiger charge is -2.37. The number of aryl methyl sites for hydroxylation is 5. The van der Waals surface area contributed by atoms with Crippen molar-refractivity contribution < 1.29 is 23.9 Å². The number of nitrogens with one attached hydrogen (secondary N) is 1. The number of anilines is 2. The number of primary amides is 2. The highest BCUT2D eigenvalue weighted by molar-refractivity contribution is 6.04. The first-order valence-electron chi connectivity index (χ1n) is 19.5. The Morgan fingerprint density at radius 2 is 1.67 bits per heavy atom. The second kappa shape index (κ2) is 16.7. The molecule has 3 atom stereocenters. The molecule has 0 spiro atoms. The number of hydrogen-bond donors (Lipinski definition) is 3. The molecule has 0 radical (unpaired) electrons. The van der Waals surface area contributed by atoms with Gasteiger partial charge >= 0.3 is 0 Å². The molecule has 7 rings (SSSR count). The summed E-state index contributed by atoms with van der Waals surface area (Å²) in [4.78, 5) is 55.4. The topological polar surface area (TPSA) is 216 Å². The highest BCUT2D eigenvalue weighted by atomic mass is 16.5. The molecule has 1 aliphatic carbocycles. The maximum Gasteiger partial charge on any atom is 0.276 e. The van der Waals surface area contributed by atoms with E-state index in [-0.39, 0.29) is 17.9 Å². The highest BCUT2D eigenvalue weighted by Gasteiger charge is 2.47. The molecular weight excluding hydrogens is 741 g/mol. The molecule has 304 valence electrons. The van der Waals surface area contributed by atoms with E-state index >= 15 is 0 Å². The zero-order valence-electron chi connectivity index (χ0n) is 33.7. The van der Waals surface area contributed by atoms with Crippen molar-refractivity contribution in [2.24, 2.45) is 11.5 Å². The van der Waals surface area contributed by atoms with Crippen molar-refractivity contribution in [1.29, 1.82) is 0 Å². The van der Waals surface area contributed by atoms with Gasteiger partial charge in [-0.25, -0.2) is 15.0 Å². The first-order valence-corrected chi connectivity index (χ1v) is 19.5. The number of fused-ring (bicyclic) bond motifs is 4. The van der Waals surface area contributed by atoms with Gasteiger partial charge in [-0.05, 0) is 83.4 Å². The molecule has 0 bridgehead atoms. The molecule has 5 aromatic rings. The Labute approximate surface area is 336 Å². The third kappa shape index (κ3) is 7.74. The predicted molar refractivity (Wildman–Crippen MR) is 218 cm³/mol. The third-order valence-corrected chi connectivity index (χ3v) is 10.7. The van der Waals surface area contributed by atoms with Crippen LogP contribution in [-0.2, 0) is 33.9 Å². The monoisotopic (exact) mass is 790 g/mol. The quantitative estimate of drug-likeness (QED) is 0.0960. The molecule has 17 nitrogen and oxygen atoms in total. The second-order valence-electron chi connectivity index (χ2n) is 14.6.